The number of hydrogen-bond acceptors (Lipinski definition) is 3. The Morgan fingerprint density at radius 1 is 1.30 bits per heavy atom. The Balaban J connectivity index is 2.46. The van der Waals surface area contributed by atoms with Crippen molar-refractivity contribution in [1.82, 2.24) is 4.57 Å². The highest BCUT2D eigenvalue weighted by Crippen LogP contribution is 2.26. The lowest BCUT2D eigenvalue weighted by atomic mass is 10.2. The highest BCUT2D eigenvalue weighted by atomic mass is 32.1. The number of aryl methyl sites for hydroxylation is 1. The first-order valence-electron chi connectivity index (χ1n) is 7.03. The number of aromatic nitrogens is 1. The lowest BCUT2D eigenvalue weighted by molar-refractivity contribution is 0.341. The van der Waals surface area contributed by atoms with Crippen LogP contribution in [0.1, 0.15) is 26.5 Å². The lowest BCUT2D eigenvalue weighted by Gasteiger charge is -2.09. The van der Waals surface area contributed by atoms with Crippen LogP contribution < -0.4 is 9.54 Å². The van der Waals surface area contributed by atoms with Gasteiger partial charge in [0.1, 0.15) is 11.4 Å². The molecule has 20 heavy (non-hydrogen) atoms. The van der Waals surface area contributed by atoms with Gasteiger partial charge in [-0.3, -0.25) is 0 Å². The molecule has 0 aliphatic heterocycles. The Labute approximate surface area is 124 Å². The van der Waals surface area contributed by atoms with E-state index in [2.05, 4.69) is 30.7 Å². The van der Waals surface area contributed by atoms with E-state index in [4.69, 9.17) is 9.73 Å². The van der Waals surface area contributed by atoms with Crippen molar-refractivity contribution >= 4 is 17.0 Å². The number of thiazole rings is 1. The maximum absolute atomic E-state index is 5.64. The number of hydrogen-bond donors (Lipinski definition) is 0. The zero-order valence-corrected chi connectivity index (χ0v) is 13.4. The van der Waals surface area contributed by atoms with Crippen molar-refractivity contribution in [3.05, 3.63) is 40.1 Å². The van der Waals surface area contributed by atoms with E-state index in [0.717, 1.165) is 22.8 Å². The third kappa shape index (κ3) is 3.51. The molecule has 108 valence electrons. The predicted octanol–water partition coefficient (Wildman–Crippen LogP) is 4.15. The standard InChI is InChI=1S/C16H22N2OS/c1-5-19-15-9-7-6-8-14(15)17-16-18(10-12(2)3)13(4)11-20-16/h6-9,11-12H,5,10H2,1-4H3. The molecule has 0 spiro atoms. The van der Waals surface area contributed by atoms with E-state index < -0.39 is 0 Å². The second-order valence-electron chi connectivity index (χ2n) is 5.18. The zero-order valence-electron chi connectivity index (χ0n) is 12.6. The first-order chi connectivity index (χ1) is 9.61. The van der Waals surface area contributed by atoms with E-state index in [1.165, 1.54) is 5.69 Å². The molecule has 1 aromatic carbocycles. The van der Waals surface area contributed by atoms with Crippen LogP contribution in [0.5, 0.6) is 5.75 Å². The van der Waals surface area contributed by atoms with Crippen molar-refractivity contribution < 1.29 is 4.74 Å². The summed E-state index contributed by atoms with van der Waals surface area (Å²) < 4.78 is 7.91. The summed E-state index contributed by atoms with van der Waals surface area (Å²) in [5, 5.41) is 2.16. The van der Waals surface area contributed by atoms with Crippen LogP contribution in [0.25, 0.3) is 0 Å². The number of rotatable bonds is 5. The SMILES string of the molecule is CCOc1ccccc1N=c1scc(C)n1CC(C)C. The number of ether oxygens (including phenoxy) is 1. The Bertz CT molecular complexity index is 625. The highest BCUT2D eigenvalue weighted by Gasteiger charge is 2.06. The first kappa shape index (κ1) is 14.9. The van der Waals surface area contributed by atoms with E-state index in [1.54, 1.807) is 11.3 Å². The summed E-state index contributed by atoms with van der Waals surface area (Å²) in [6.45, 7) is 10.2. The molecule has 0 amide bonds. The van der Waals surface area contributed by atoms with Gasteiger partial charge in [0.2, 0.25) is 0 Å². The van der Waals surface area contributed by atoms with Gasteiger partial charge in [-0.15, -0.1) is 11.3 Å². The largest absolute Gasteiger partial charge is 0.492 e. The first-order valence-corrected chi connectivity index (χ1v) is 7.91. The van der Waals surface area contributed by atoms with Crippen molar-refractivity contribution in [3.8, 4) is 5.75 Å². The molecular formula is C16H22N2OS. The minimum Gasteiger partial charge on any atom is -0.492 e. The number of nitrogens with zero attached hydrogens (tertiary/aromatic N) is 2. The minimum atomic E-state index is 0.601. The van der Waals surface area contributed by atoms with Gasteiger partial charge in [0.05, 0.1) is 6.61 Å². The van der Waals surface area contributed by atoms with E-state index in [0.29, 0.717) is 12.5 Å². The van der Waals surface area contributed by atoms with Crippen molar-refractivity contribution in [2.45, 2.75) is 34.2 Å². The summed E-state index contributed by atoms with van der Waals surface area (Å²) in [6, 6.07) is 7.94. The molecule has 1 aromatic heterocycles. The van der Waals surface area contributed by atoms with Crippen LogP contribution in [0.2, 0.25) is 0 Å². The molecule has 0 bridgehead atoms. The third-order valence-electron chi connectivity index (χ3n) is 2.92. The average molecular weight is 290 g/mol. The number of para-hydroxylation sites is 2. The summed E-state index contributed by atoms with van der Waals surface area (Å²) >= 11 is 1.68. The maximum atomic E-state index is 5.64. The van der Waals surface area contributed by atoms with Gasteiger partial charge in [0.25, 0.3) is 0 Å². The fourth-order valence-corrected chi connectivity index (χ4v) is 2.92. The molecule has 0 radical (unpaired) electrons. The molecule has 0 N–H and O–H groups in total. The molecule has 0 saturated heterocycles. The molecule has 1 heterocycles. The van der Waals surface area contributed by atoms with Crippen LogP contribution in [0.4, 0.5) is 5.69 Å². The van der Waals surface area contributed by atoms with Gasteiger partial charge in [0.15, 0.2) is 4.80 Å². The average Bonchev–Trinajstić information content (AvgIpc) is 2.73. The molecule has 0 atom stereocenters. The third-order valence-corrected chi connectivity index (χ3v) is 3.90. The van der Waals surface area contributed by atoms with Gasteiger partial charge in [-0.1, -0.05) is 26.0 Å². The van der Waals surface area contributed by atoms with Gasteiger partial charge in [-0.25, -0.2) is 4.99 Å². The molecule has 4 heteroatoms. The minimum absolute atomic E-state index is 0.601. The maximum Gasteiger partial charge on any atom is 0.190 e. The van der Waals surface area contributed by atoms with Crippen LogP contribution in [-0.2, 0) is 6.54 Å². The summed E-state index contributed by atoms with van der Waals surface area (Å²) in [5.74, 6) is 1.45. The molecule has 0 fully saturated rings. The van der Waals surface area contributed by atoms with Crippen molar-refractivity contribution in [1.29, 1.82) is 0 Å². The van der Waals surface area contributed by atoms with Gasteiger partial charge in [-0.05, 0) is 31.9 Å². The molecule has 2 aromatic rings. The Morgan fingerprint density at radius 3 is 2.75 bits per heavy atom. The summed E-state index contributed by atoms with van der Waals surface area (Å²) in [4.78, 5) is 5.82. The Hall–Kier alpha value is -1.55. The number of benzene rings is 1. The second kappa shape index (κ2) is 6.75. The van der Waals surface area contributed by atoms with Crippen LogP contribution >= 0.6 is 11.3 Å². The Kier molecular flexibility index (Phi) is 5.01. The van der Waals surface area contributed by atoms with Gasteiger partial charge in [0, 0.05) is 17.6 Å². The van der Waals surface area contributed by atoms with Crippen LogP contribution in [0.3, 0.4) is 0 Å². The van der Waals surface area contributed by atoms with E-state index >= 15 is 0 Å². The normalized spacial score (nSPS) is 12.2. The van der Waals surface area contributed by atoms with Crippen LogP contribution in [-0.4, -0.2) is 11.2 Å². The van der Waals surface area contributed by atoms with Crippen molar-refractivity contribution in [3.63, 3.8) is 0 Å². The zero-order chi connectivity index (χ0) is 14.5. The molecule has 3 nitrogen and oxygen atoms in total. The fraction of sp³-hybridized carbons (Fsp3) is 0.438. The van der Waals surface area contributed by atoms with Crippen LogP contribution in [0, 0.1) is 12.8 Å². The Morgan fingerprint density at radius 2 is 2.05 bits per heavy atom. The van der Waals surface area contributed by atoms with Crippen molar-refractivity contribution in [2.75, 3.05) is 6.61 Å². The quantitative estimate of drug-likeness (QED) is 0.812. The van der Waals surface area contributed by atoms with Gasteiger partial charge >= 0.3 is 0 Å². The van der Waals surface area contributed by atoms with Gasteiger partial charge < -0.3 is 9.30 Å². The monoisotopic (exact) mass is 290 g/mol. The predicted molar refractivity (Wildman–Crippen MR) is 84.7 cm³/mol. The molecule has 0 saturated carbocycles. The van der Waals surface area contributed by atoms with Crippen molar-refractivity contribution in [2.24, 2.45) is 10.9 Å². The molecule has 0 aliphatic carbocycles. The van der Waals surface area contributed by atoms with E-state index in [1.807, 2.05) is 31.2 Å². The van der Waals surface area contributed by atoms with Crippen LogP contribution in [0.15, 0.2) is 34.6 Å². The summed E-state index contributed by atoms with van der Waals surface area (Å²) in [6.07, 6.45) is 0. The lowest BCUT2D eigenvalue weighted by Crippen LogP contribution is -2.19. The van der Waals surface area contributed by atoms with E-state index in [-0.39, 0.29) is 0 Å². The second-order valence-corrected chi connectivity index (χ2v) is 6.01. The topological polar surface area (TPSA) is 26.5 Å². The molecule has 2 rings (SSSR count). The van der Waals surface area contributed by atoms with Gasteiger partial charge in [-0.2, -0.15) is 0 Å². The smallest absolute Gasteiger partial charge is 0.190 e. The molecule has 0 aliphatic rings. The fourth-order valence-electron chi connectivity index (χ4n) is 2.02. The summed E-state index contributed by atoms with van der Waals surface area (Å²) in [7, 11) is 0. The van der Waals surface area contributed by atoms with E-state index in [9.17, 15) is 0 Å². The molecular weight excluding hydrogens is 268 g/mol. The summed E-state index contributed by atoms with van der Waals surface area (Å²) in [5.41, 5.74) is 2.16. The molecule has 0 unspecified atom stereocenters. The highest BCUT2D eigenvalue weighted by molar-refractivity contribution is 7.07.